The van der Waals surface area contributed by atoms with Crippen molar-refractivity contribution in [1.82, 2.24) is 14.7 Å². The van der Waals surface area contributed by atoms with Crippen molar-refractivity contribution in [3.8, 4) is 0 Å². The van der Waals surface area contributed by atoms with Crippen LogP contribution in [0.2, 0.25) is 0 Å². The molecule has 0 spiro atoms. The first kappa shape index (κ1) is 15.8. The molecule has 0 aliphatic heterocycles. The molecule has 0 radical (unpaired) electrons. The summed E-state index contributed by atoms with van der Waals surface area (Å²) in [5, 5.41) is 3.16. The molecule has 25 heavy (non-hydrogen) atoms. The molecule has 128 valence electrons. The van der Waals surface area contributed by atoms with Gasteiger partial charge < -0.3 is 14.5 Å². The topological polar surface area (TPSA) is 55.6 Å². The van der Waals surface area contributed by atoms with E-state index in [4.69, 9.17) is 4.74 Å². The summed E-state index contributed by atoms with van der Waals surface area (Å²) >= 11 is 0. The largest absolute Gasteiger partial charge is 0.377 e. The number of hydrogen-bond acceptors (Lipinski definition) is 3. The summed E-state index contributed by atoms with van der Waals surface area (Å²) in [5.74, 6) is -0.100. The van der Waals surface area contributed by atoms with E-state index in [9.17, 15) is 4.79 Å². The first-order valence-electron chi connectivity index (χ1n) is 8.46. The number of nitrogens with zero attached hydrogens (tertiary/aromatic N) is 2. The lowest BCUT2D eigenvalue weighted by molar-refractivity contribution is 0.0865. The van der Waals surface area contributed by atoms with Gasteiger partial charge in [-0.25, -0.2) is 4.98 Å². The second kappa shape index (κ2) is 6.01. The van der Waals surface area contributed by atoms with E-state index in [0.29, 0.717) is 11.2 Å². The minimum atomic E-state index is -0.100. The van der Waals surface area contributed by atoms with Gasteiger partial charge in [0.1, 0.15) is 5.65 Å². The minimum absolute atomic E-state index is 0.0231. The van der Waals surface area contributed by atoms with Gasteiger partial charge in [0.2, 0.25) is 0 Å². The molecule has 3 aromatic rings. The highest BCUT2D eigenvalue weighted by Gasteiger charge is 2.32. The highest BCUT2D eigenvalue weighted by Crippen LogP contribution is 2.40. The number of methoxy groups -OCH3 is 1. The van der Waals surface area contributed by atoms with E-state index in [1.54, 1.807) is 7.11 Å². The molecule has 4 rings (SSSR count). The van der Waals surface area contributed by atoms with Gasteiger partial charge in [-0.3, -0.25) is 4.79 Å². The predicted octanol–water partition coefficient (Wildman–Crippen LogP) is 3.51. The minimum Gasteiger partial charge on any atom is -0.377 e. The summed E-state index contributed by atoms with van der Waals surface area (Å²) in [6.07, 6.45) is 2.67. The zero-order chi connectivity index (χ0) is 17.6. The zero-order valence-corrected chi connectivity index (χ0v) is 14.6. The van der Waals surface area contributed by atoms with Crippen molar-refractivity contribution in [1.29, 1.82) is 0 Å². The Labute approximate surface area is 146 Å². The lowest BCUT2D eigenvalue weighted by Gasteiger charge is -2.14. The number of aromatic nitrogens is 2. The average Bonchev–Trinajstić information content (AvgIpc) is 3.17. The van der Waals surface area contributed by atoms with Gasteiger partial charge in [-0.15, -0.1) is 0 Å². The van der Waals surface area contributed by atoms with E-state index in [2.05, 4.69) is 22.4 Å². The molecule has 1 aromatic carbocycles. The Hall–Kier alpha value is -2.66. The maximum absolute atomic E-state index is 12.9. The maximum Gasteiger partial charge on any atom is 0.255 e. The Bertz CT molecular complexity index is 961. The van der Waals surface area contributed by atoms with E-state index in [1.165, 1.54) is 0 Å². The molecule has 0 saturated heterocycles. The molecular formula is C20H21N3O2. The van der Waals surface area contributed by atoms with Crippen LogP contribution in [0.15, 0.2) is 42.6 Å². The molecular weight excluding hydrogens is 314 g/mol. The van der Waals surface area contributed by atoms with Crippen LogP contribution < -0.4 is 5.32 Å². The number of aryl methyl sites for hydroxylation is 2. The van der Waals surface area contributed by atoms with E-state index >= 15 is 0 Å². The zero-order valence-electron chi connectivity index (χ0n) is 14.6. The number of rotatable bonds is 3. The number of benzene rings is 1. The molecule has 2 heterocycles. The highest BCUT2D eigenvalue weighted by molar-refractivity contribution is 6.00. The smallest absolute Gasteiger partial charge is 0.255 e. The van der Waals surface area contributed by atoms with Crippen molar-refractivity contribution in [2.75, 3.05) is 7.11 Å². The Kier molecular flexibility index (Phi) is 3.81. The van der Waals surface area contributed by atoms with Crippen LogP contribution in [-0.2, 0) is 4.74 Å². The van der Waals surface area contributed by atoms with Gasteiger partial charge in [-0.05, 0) is 37.1 Å². The highest BCUT2D eigenvalue weighted by atomic mass is 16.5. The molecule has 1 N–H and O–H groups in total. The number of carbonyl (C=O) groups excluding carboxylic acids is 1. The van der Waals surface area contributed by atoms with Gasteiger partial charge in [0.25, 0.3) is 5.91 Å². The van der Waals surface area contributed by atoms with Crippen molar-refractivity contribution < 1.29 is 9.53 Å². The van der Waals surface area contributed by atoms with E-state index < -0.39 is 0 Å². The molecule has 2 unspecified atom stereocenters. The van der Waals surface area contributed by atoms with Crippen LogP contribution in [0, 0.1) is 13.8 Å². The van der Waals surface area contributed by atoms with Crippen molar-refractivity contribution in [3.63, 3.8) is 0 Å². The monoisotopic (exact) mass is 335 g/mol. The summed E-state index contributed by atoms with van der Waals surface area (Å²) in [5.41, 5.74) is 5.55. The van der Waals surface area contributed by atoms with E-state index in [0.717, 1.165) is 28.9 Å². The van der Waals surface area contributed by atoms with Gasteiger partial charge in [-0.2, -0.15) is 0 Å². The molecule has 5 heteroatoms. The third-order valence-electron chi connectivity index (χ3n) is 4.94. The molecule has 0 bridgehead atoms. The quantitative estimate of drug-likeness (QED) is 0.797. The normalized spacial score (nSPS) is 19.2. The molecule has 1 amide bonds. The first-order chi connectivity index (χ1) is 12.1. The fourth-order valence-electron chi connectivity index (χ4n) is 3.76. The summed E-state index contributed by atoms with van der Waals surface area (Å²) in [4.78, 5) is 17.4. The summed E-state index contributed by atoms with van der Waals surface area (Å²) in [7, 11) is 1.71. The van der Waals surface area contributed by atoms with Gasteiger partial charge in [0, 0.05) is 31.1 Å². The second-order valence-corrected chi connectivity index (χ2v) is 6.58. The fourth-order valence-corrected chi connectivity index (χ4v) is 3.76. The molecule has 1 aliphatic rings. The van der Waals surface area contributed by atoms with Crippen LogP contribution in [0.3, 0.4) is 0 Å². The summed E-state index contributed by atoms with van der Waals surface area (Å²) in [6.45, 7) is 3.96. The number of nitrogens with one attached hydrogen (secondary N) is 1. The Morgan fingerprint density at radius 3 is 2.76 bits per heavy atom. The van der Waals surface area contributed by atoms with Gasteiger partial charge in [-0.1, -0.05) is 24.3 Å². The van der Waals surface area contributed by atoms with Crippen molar-refractivity contribution in [3.05, 3.63) is 70.7 Å². The SMILES string of the molecule is COC1CC(NC(=O)c2ccn3c(C)cc(C)nc23)c2ccccc21. The van der Waals surface area contributed by atoms with Crippen LogP contribution in [-0.4, -0.2) is 22.4 Å². The van der Waals surface area contributed by atoms with Crippen molar-refractivity contribution in [2.24, 2.45) is 0 Å². The standard InChI is InChI=1S/C20H21N3O2/c1-12-10-13(2)23-9-8-16(19(23)21-12)20(24)22-17-11-18(25-3)15-7-5-4-6-14(15)17/h4-10,17-18H,11H2,1-3H3,(H,22,24). The number of hydrogen-bond donors (Lipinski definition) is 1. The molecule has 5 nitrogen and oxygen atoms in total. The molecule has 2 atom stereocenters. The number of amides is 1. The fraction of sp³-hybridized carbons (Fsp3) is 0.300. The van der Waals surface area contributed by atoms with Crippen LogP contribution in [0.5, 0.6) is 0 Å². The number of carbonyl (C=O) groups is 1. The summed E-state index contributed by atoms with van der Waals surface area (Å²) < 4.78 is 7.52. The number of fused-ring (bicyclic) bond motifs is 2. The van der Waals surface area contributed by atoms with Crippen LogP contribution in [0.4, 0.5) is 0 Å². The third kappa shape index (κ3) is 2.61. The molecule has 1 aliphatic carbocycles. The first-order valence-corrected chi connectivity index (χ1v) is 8.46. The summed E-state index contributed by atoms with van der Waals surface area (Å²) in [6, 6.07) is 11.9. The molecule has 0 fully saturated rings. The van der Waals surface area contributed by atoms with Gasteiger partial charge in [0.15, 0.2) is 0 Å². The Morgan fingerprint density at radius 2 is 2.00 bits per heavy atom. The lowest BCUT2D eigenvalue weighted by Crippen LogP contribution is -2.27. The van der Waals surface area contributed by atoms with Crippen LogP contribution in [0.1, 0.15) is 51.4 Å². The van der Waals surface area contributed by atoms with Crippen molar-refractivity contribution in [2.45, 2.75) is 32.4 Å². The van der Waals surface area contributed by atoms with Crippen LogP contribution >= 0.6 is 0 Å². The van der Waals surface area contributed by atoms with E-state index in [-0.39, 0.29) is 18.1 Å². The lowest BCUT2D eigenvalue weighted by atomic mass is 10.1. The van der Waals surface area contributed by atoms with Crippen LogP contribution in [0.25, 0.3) is 5.65 Å². The van der Waals surface area contributed by atoms with Gasteiger partial charge >= 0.3 is 0 Å². The van der Waals surface area contributed by atoms with E-state index in [1.807, 2.05) is 48.7 Å². The van der Waals surface area contributed by atoms with Crippen molar-refractivity contribution >= 4 is 11.6 Å². The second-order valence-electron chi connectivity index (χ2n) is 6.58. The Balaban J connectivity index is 1.66. The number of ether oxygens (including phenoxy) is 1. The third-order valence-corrected chi connectivity index (χ3v) is 4.94. The maximum atomic E-state index is 12.9. The predicted molar refractivity (Wildman–Crippen MR) is 95.7 cm³/mol. The van der Waals surface area contributed by atoms with Gasteiger partial charge in [0.05, 0.1) is 17.7 Å². The molecule has 2 aromatic heterocycles. The Morgan fingerprint density at radius 1 is 1.24 bits per heavy atom. The molecule has 0 saturated carbocycles. The average molecular weight is 335 g/mol.